The third-order valence-corrected chi connectivity index (χ3v) is 6.77. The Balaban J connectivity index is 1.72. The maximum Gasteiger partial charge on any atom is 0.339 e. The lowest BCUT2D eigenvalue weighted by Gasteiger charge is -2.37. The Kier molecular flexibility index (Phi) is 7.81. The van der Waals surface area contributed by atoms with E-state index in [0.29, 0.717) is 25.7 Å². The van der Waals surface area contributed by atoms with Gasteiger partial charge in [0.1, 0.15) is 0 Å². The van der Waals surface area contributed by atoms with Gasteiger partial charge >= 0.3 is 5.97 Å². The minimum absolute atomic E-state index is 0.0670. The van der Waals surface area contributed by atoms with Crippen molar-refractivity contribution in [3.05, 3.63) is 119 Å². The monoisotopic (exact) mass is 468 g/mol. The van der Waals surface area contributed by atoms with Crippen LogP contribution in [-0.4, -0.2) is 22.5 Å². The van der Waals surface area contributed by atoms with Crippen molar-refractivity contribution >= 4 is 11.8 Å². The predicted molar refractivity (Wildman–Crippen MR) is 137 cm³/mol. The number of ether oxygens (including phenoxy) is 1. The fourth-order valence-electron chi connectivity index (χ4n) is 4.90. The van der Waals surface area contributed by atoms with Gasteiger partial charge in [0, 0.05) is 12.3 Å². The van der Waals surface area contributed by atoms with Crippen LogP contribution >= 0.6 is 0 Å². The van der Waals surface area contributed by atoms with E-state index < -0.39 is 29.0 Å². The van der Waals surface area contributed by atoms with Crippen LogP contribution in [0, 0.1) is 0 Å². The summed E-state index contributed by atoms with van der Waals surface area (Å²) in [6.45, 7) is 2.03. The van der Waals surface area contributed by atoms with Gasteiger partial charge in [0.15, 0.2) is 11.4 Å². The molecule has 0 fully saturated rings. The molecule has 3 aromatic carbocycles. The zero-order valence-corrected chi connectivity index (χ0v) is 20.2. The molecule has 2 atom stereocenters. The molecule has 0 bridgehead atoms. The van der Waals surface area contributed by atoms with Gasteiger partial charge in [-0.05, 0) is 42.4 Å². The van der Waals surface area contributed by atoms with Crippen LogP contribution in [0.15, 0.2) is 102 Å². The predicted octanol–water partition coefficient (Wildman–Crippen LogP) is 6.51. The number of hydrogen-bond acceptors (Lipinski definition) is 4. The Morgan fingerprint density at radius 3 is 2.00 bits per heavy atom. The highest BCUT2D eigenvalue weighted by molar-refractivity contribution is 6.11. The first-order valence-corrected chi connectivity index (χ1v) is 12.4. The van der Waals surface area contributed by atoms with Crippen LogP contribution in [0.4, 0.5) is 0 Å². The molecule has 1 heterocycles. The van der Waals surface area contributed by atoms with Crippen LogP contribution in [0.1, 0.15) is 55.2 Å². The third kappa shape index (κ3) is 5.54. The number of Topliss-reactive ketones (excluding diaryl/α,β-unsaturated/α-hetero) is 1. The van der Waals surface area contributed by atoms with Gasteiger partial charge < -0.3 is 9.84 Å². The van der Waals surface area contributed by atoms with Crippen LogP contribution in [0.2, 0.25) is 0 Å². The minimum atomic E-state index is -1.39. The molecule has 0 amide bonds. The lowest BCUT2D eigenvalue weighted by molar-refractivity contribution is -0.168. The van der Waals surface area contributed by atoms with Crippen molar-refractivity contribution in [3.8, 4) is 0 Å². The molecule has 0 aliphatic carbocycles. The summed E-state index contributed by atoms with van der Waals surface area (Å²) in [7, 11) is 0. The molecule has 0 radical (unpaired) electrons. The van der Waals surface area contributed by atoms with Gasteiger partial charge in [0.25, 0.3) is 0 Å². The van der Waals surface area contributed by atoms with Crippen LogP contribution in [0.5, 0.6) is 0 Å². The van der Waals surface area contributed by atoms with E-state index in [1.807, 2.05) is 97.9 Å². The van der Waals surface area contributed by atoms with Crippen molar-refractivity contribution in [3.63, 3.8) is 0 Å². The Morgan fingerprint density at radius 1 is 0.829 bits per heavy atom. The van der Waals surface area contributed by atoms with Gasteiger partial charge in [-0.1, -0.05) is 104 Å². The maximum absolute atomic E-state index is 13.7. The number of aliphatic hydroxyl groups is 1. The van der Waals surface area contributed by atoms with Gasteiger partial charge in [-0.3, -0.25) is 4.79 Å². The number of aliphatic hydroxyl groups excluding tert-OH is 1. The Morgan fingerprint density at radius 2 is 1.40 bits per heavy atom. The van der Waals surface area contributed by atoms with Crippen LogP contribution in [0.3, 0.4) is 0 Å². The van der Waals surface area contributed by atoms with Crippen molar-refractivity contribution in [2.24, 2.45) is 0 Å². The average Bonchev–Trinajstić information content (AvgIpc) is 2.89. The molecule has 180 valence electrons. The molecule has 4 rings (SSSR count). The van der Waals surface area contributed by atoms with Crippen LogP contribution in [-0.2, 0) is 27.2 Å². The quantitative estimate of drug-likeness (QED) is 0.344. The first kappa shape index (κ1) is 24.5. The van der Waals surface area contributed by atoms with E-state index in [2.05, 4.69) is 0 Å². The number of ketones is 1. The summed E-state index contributed by atoms with van der Waals surface area (Å²) in [5, 5.41) is 11.3. The zero-order chi connectivity index (χ0) is 24.7. The third-order valence-electron chi connectivity index (χ3n) is 6.77. The van der Waals surface area contributed by atoms with Gasteiger partial charge in [-0.2, -0.15) is 0 Å². The molecule has 2 unspecified atom stereocenters. The van der Waals surface area contributed by atoms with Crippen molar-refractivity contribution in [1.29, 1.82) is 0 Å². The summed E-state index contributed by atoms with van der Waals surface area (Å²) < 4.78 is 6.02. The van der Waals surface area contributed by atoms with E-state index >= 15 is 0 Å². The van der Waals surface area contributed by atoms with Crippen molar-refractivity contribution in [2.45, 2.75) is 57.0 Å². The first-order chi connectivity index (χ1) is 17.0. The summed E-state index contributed by atoms with van der Waals surface area (Å²) in [5.74, 6) is -2.00. The molecular weight excluding hydrogens is 436 g/mol. The molecule has 1 aliphatic rings. The Hall–Kier alpha value is -3.66. The van der Waals surface area contributed by atoms with Gasteiger partial charge in [0.2, 0.25) is 5.78 Å². The van der Waals surface area contributed by atoms with E-state index in [-0.39, 0.29) is 12.0 Å². The molecule has 4 heteroatoms. The highest BCUT2D eigenvalue weighted by Crippen LogP contribution is 2.40. The molecule has 3 aromatic rings. The molecule has 35 heavy (non-hydrogen) atoms. The fourth-order valence-corrected chi connectivity index (χ4v) is 4.90. The molecule has 1 N–H and O–H groups in total. The smallest absolute Gasteiger partial charge is 0.339 e. The lowest BCUT2D eigenvalue weighted by atomic mass is 9.78. The number of unbranched alkanes of at least 4 members (excludes halogenated alkanes) is 1. The summed E-state index contributed by atoms with van der Waals surface area (Å²) in [4.78, 5) is 27.3. The molecule has 0 saturated carbocycles. The first-order valence-electron chi connectivity index (χ1n) is 12.4. The van der Waals surface area contributed by atoms with Gasteiger partial charge in [-0.25, -0.2) is 4.79 Å². The van der Waals surface area contributed by atoms with Crippen molar-refractivity contribution in [2.75, 3.05) is 0 Å². The molecule has 0 saturated heterocycles. The van der Waals surface area contributed by atoms with E-state index in [0.717, 1.165) is 23.1 Å². The number of aryl methyl sites for hydroxylation is 1. The SMILES string of the molecule is CCCCC1(Cc2ccccc2)OC(=O)C(C(CCc2ccccc2)c2ccccc2)=C(O)C1=O. The van der Waals surface area contributed by atoms with Gasteiger partial charge in [-0.15, -0.1) is 0 Å². The summed E-state index contributed by atoms with van der Waals surface area (Å²) in [6.07, 6.45) is 3.45. The largest absolute Gasteiger partial charge is 0.504 e. The normalized spacial score (nSPS) is 18.9. The number of cyclic esters (lactones) is 1. The van der Waals surface area contributed by atoms with Crippen molar-refractivity contribution in [1.82, 2.24) is 0 Å². The molecule has 0 aromatic heterocycles. The maximum atomic E-state index is 13.7. The fraction of sp³-hybridized carbons (Fsp3) is 0.290. The number of benzene rings is 3. The lowest BCUT2D eigenvalue weighted by Crippen LogP contribution is -2.50. The Labute approximate surface area is 207 Å². The van der Waals surface area contributed by atoms with E-state index in [1.165, 1.54) is 0 Å². The zero-order valence-electron chi connectivity index (χ0n) is 20.2. The number of hydrogen-bond donors (Lipinski definition) is 1. The standard InChI is InChI=1S/C31H32O4/c1-2-3-21-31(22-24-15-9-5-10-16-24)29(33)28(32)27(30(34)35-31)26(25-17-11-6-12-18-25)20-19-23-13-7-4-8-14-23/h4-18,26,32H,2-3,19-22H2,1H3. The molecular formula is C31H32O4. The highest BCUT2D eigenvalue weighted by atomic mass is 16.6. The molecule has 0 spiro atoms. The number of carbonyl (C=O) groups is 2. The van der Waals surface area contributed by atoms with E-state index in [9.17, 15) is 14.7 Å². The highest BCUT2D eigenvalue weighted by Gasteiger charge is 2.50. The number of esters is 1. The van der Waals surface area contributed by atoms with Crippen molar-refractivity contribution < 1.29 is 19.4 Å². The van der Waals surface area contributed by atoms with E-state index in [4.69, 9.17) is 4.74 Å². The topological polar surface area (TPSA) is 63.6 Å². The number of carbonyl (C=O) groups excluding carboxylic acids is 2. The summed E-state index contributed by atoms with van der Waals surface area (Å²) in [6, 6.07) is 29.1. The Bertz CT molecular complexity index is 1170. The second-order valence-electron chi connectivity index (χ2n) is 9.23. The van der Waals surface area contributed by atoms with Crippen LogP contribution < -0.4 is 0 Å². The second-order valence-corrected chi connectivity index (χ2v) is 9.23. The molecule has 4 nitrogen and oxygen atoms in total. The summed E-state index contributed by atoms with van der Waals surface area (Å²) in [5.41, 5.74) is 1.58. The average molecular weight is 469 g/mol. The van der Waals surface area contributed by atoms with E-state index in [1.54, 1.807) is 0 Å². The van der Waals surface area contributed by atoms with Crippen LogP contribution in [0.25, 0.3) is 0 Å². The molecule has 1 aliphatic heterocycles. The summed E-state index contributed by atoms with van der Waals surface area (Å²) >= 11 is 0. The second kappa shape index (κ2) is 11.2. The van der Waals surface area contributed by atoms with Gasteiger partial charge in [0.05, 0.1) is 5.57 Å². The minimum Gasteiger partial charge on any atom is -0.504 e. The number of rotatable bonds is 10.